The zero-order valence-corrected chi connectivity index (χ0v) is 18.9. The first-order chi connectivity index (χ1) is 15.3. The smallest absolute Gasteiger partial charge is 0.406 e. The van der Waals surface area contributed by atoms with Crippen molar-refractivity contribution in [3.05, 3.63) is 35.5 Å². The van der Waals surface area contributed by atoms with Crippen molar-refractivity contribution >= 4 is 17.5 Å². The van der Waals surface area contributed by atoms with Crippen LogP contribution in [0.15, 0.2) is 30.0 Å². The van der Waals surface area contributed by atoms with Crippen molar-refractivity contribution in [2.45, 2.75) is 51.6 Å². The van der Waals surface area contributed by atoms with Crippen molar-refractivity contribution in [1.29, 1.82) is 0 Å². The van der Waals surface area contributed by atoms with Crippen LogP contribution in [0.3, 0.4) is 0 Å². The predicted molar refractivity (Wildman–Crippen MR) is 116 cm³/mol. The van der Waals surface area contributed by atoms with E-state index in [0.29, 0.717) is 30.8 Å². The van der Waals surface area contributed by atoms with Crippen LogP contribution in [0, 0.1) is 11.8 Å². The number of hydrogen-bond acceptors (Lipinski definition) is 4. The maximum atomic E-state index is 12.8. The van der Waals surface area contributed by atoms with E-state index < -0.39 is 23.7 Å². The number of piperazine rings is 1. The first-order valence-electron chi connectivity index (χ1n) is 11.1. The second-order valence-electron chi connectivity index (χ2n) is 9.92. The molecule has 3 aliphatic rings. The molecular weight excluding hydrogens is 437 g/mol. The molecule has 2 heterocycles. The Morgan fingerprint density at radius 2 is 1.85 bits per heavy atom. The molecule has 0 bridgehead atoms. The van der Waals surface area contributed by atoms with Gasteiger partial charge < -0.3 is 25.6 Å². The molecular formula is C23H29F3N4O3. The zero-order chi connectivity index (χ0) is 24.1. The summed E-state index contributed by atoms with van der Waals surface area (Å²) in [5, 5.41) is 2.95. The number of allylic oxidation sites excluding steroid dienone is 1. The Hall–Kier alpha value is -2.91. The van der Waals surface area contributed by atoms with E-state index in [-0.39, 0.29) is 23.7 Å². The van der Waals surface area contributed by atoms with Crippen LogP contribution in [0.4, 0.5) is 18.0 Å². The number of carbonyl (C=O) groups excluding carboxylic acids is 2. The second kappa shape index (κ2) is 8.14. The molecule has 1 saturated heterocycles. The number of rotatable bonds is 4. The summed E-state index contributed by atoms with van der Waals surface area (Å²) in [4.78, 5) is 29.3. The van der Waals surface area contributed by atoms with Crippen LogP contribution in [0.5, 0.6) is 5.75 Å². The molecule has 1 aromatic rings. The summed E-state index contributed by atoms with van der Waals surface area (Å²) in [5.74, 6) is -1.42. The summed E-state index contributed by atoms with van der Waals surface area (Å²) in [6.45, 7) is 6.98. The van der Waals surface area contributed by atoms with E-state index in [9.17, 15) is 22.8 Å². The summed E-state index contributed by atoms with van der Waals surface area (Å²) < 4.78 is 42.5. The number of nitrogens with one attached hydrogen (secondary N) is 1. The van der Waals surface area contributed by atoms with Gasteiger partial charge in [-0.3, -0.25) is 4.79 Å². The highest BCUT2D eigenvalue weighted by molar-refractivity contribution is 5.95. The summed E-state index contributed by atoms with van der Waals surface area (Å²) in [5.41, 5.74) is 7.54. The Balaban J connectivity index is 1.69. The van der Waals surface area contributed by atoms with Gasteiger partial charge >= 0.3 is 12.4 Å². The van der Waals surface area contributed by atoms with Crippen molar-refractivity contribution in [2.75, 3.05) is 19.6 Å². The molecule has 0 spiro atoms. The number of urea groups is 1. The van der Waals surface area contributed by atoms with E-state index in [4.69, 9.17) is 5.73 Å². The number of halogens is 3. The lowest BCUT2D eigenvalue weighted by atomic mass is 9.87. The van der Waals surface area contributed by atoms with Crippen LogP contribution in [0.1, 0.15) is 39.2 Å². The molecule has 3 N–H and O–H groups in total. The molecule has 10 heteroatoms. The van der Waals surface area contributed by atoms with Crippen molar-refractivity contribution in [1.82, 2.24) is 15.1 Å². The number of nitrogens with zero attached hydrogens (tertiary/aromatic N) is 2. The molecule has 3 amide bonds. The number of nitrogens with two attached hydrogens (primary N) is 1. The molecule has 2 aliphatic heterocycles. The van der Waals surface area contributed by atoms with Crippen molar-refractivity contribution in [2.24, 2.45) is 17.6 Å². The number of hydrogen-bond donors (Lipinski definition) is 2. The van der Waals surface area contributed by atoms with Gasteiger partial charge in [-0.05, 0) is 62.8 Å². The average molecular weight is 467 g/mol. The fraction of sp³-hybridized carbons (Fsp3) is 0.565. The normalized spacial score (nSPS) is 23.5. The van der Waals surface area contributed by atoms with Gasteiger partial charge in [0.25, 0.3) is 0 Å². The van der Waals surface area contributed by atoms with E-state index in [0.717, 1.165) is 18.5 Å². The number of alkyl halides is 3. The first kappa shape index (κ1) is 23.3. The van der Waals surface area contributed by atoms with Gasteiger partial charge in [0.2, 0.25) is 5.91 Å². The fourth-order valence-corrected chi connectivity index (χ4v) is 4.82. The minimum Gasteiger partial charge on any atom is -0.406 e. The van der Waals surface area contributed by atoms with Crippen LogP contribution >= 0.6 is 0 Å². The standard InChI is InChI=1S/C23H29F3N4O3/c1-22(2,3)28-21(32)29-9-10-30-16(12-29)18(20(27)31)17(19(30)13-7-8-13)14-5-4-6-15(11-14)33-23(24,25)26/h4-6,11,13,16,18H,7-10,12H2,1-3H3,(H2,27,31)(H,28,32). The second-order valence-corrected chi connectivity index (χ2v) is 9.92. The third-order valence-electron chi connectivity index (χ3n) is 6.12. The average Bonchev–Trinajstić information content (AvgIpc) is 3.45. The van der Waals surface area contributed by atoms with Crippen LogP contribution < -0.4 is 15.8 Å². The number of amides is 3. The maximum absolute atomic E-state index is 12.8. The van der Waals surface area contributed by atoms with Crippen molar-refractivity contribution < 1.29 is 27.5 Å². The first-order valence-corrected chi connectivity index (χ1v) is 11.1. The van der Waals surface area contributed by atoms with Gasteiger partial charge in [-0.1, -0.05) is 12.1 Å². The molecule has 0 radical (unpaired) electrons. The predicted octanol–water partition coefficient (Wildman–Crippen LogP) is 3.32. The number of fused-ring (bicyclic) bond motifs is 1. The van der Waals surface area contributed by atoms with E-state index >= 15 is 0 Å². The summed E-state index contributed by atoms with van der Waals surface area (Å²) in [6, 6.07) is 5.12. The van der Waals surface area contributed by atoms with Gasteiger partial charge in [0.15, 0.2) is 0 Å². The third-order valence-corrected chi connectivity index (χ3v) is 6.12. The topological polar surface area (TPSA) is 87.9 Å². The van der Waals surface area contributed by atoms with Crippen molar-refractivity contribution in [3.8, 4) is 5.75 Å². The fourth-order valence-electron chi connectivity index (χ4n) is 4.82. The molecule has 1 aromatic carbocycles. The summed E-state index contributed by atoms with van der Waals surface area (Å²) >= 11 is 0. The van der Waals surface area contributed by atoms with Gasteiger partial charge in [0.05, 0.1) is 12.0 Å². The molecule has 2 atom stereocenters. The molecule has 4 rings (SSSR count). The Bertz CT molecular complexity index is 982. The Kier molecular flexibility index (Phi) is 5.74. The van der Waals surface area contributed by atoms with Crippen LogP contribution in [-0.4, -0.2) is 59.3 Å². The van der Waals surface area contributed by atoms with E-state index in [2.05, 4.69) is 15.0 Å². The highest BCUT2D eigenvalue weighted by Crippen LogP contribution is 2.51. The molecule has 0 aromatic heterocycles. The SMILES string of the molecule is CC(C)(C)NC(=O)N1CCN2C(C3CC3)=C(c3cccc(OC(F)(F)F)c3)C(C(N)=O)C2C1. The molecule has 2 fully saturated rings. The van der Waals surface area contributed by atoms with Gasteiger partial charge in [-0.15, -0.1) is 13.2 Å². The number of carbonyl (C=O) groups is 2. The highest BCUT2D eigenvalue weighted by Gasteiger charge is 2.50. The minimum atomic E-state index is -4.82. The number of primary amides is 1. The van der Waals surface area contributed by atoms with Gasteiger partial charge in [-0.25, -0.2) is 4.79 Å². The summed E-state index contributed by atoms with van der Waals surface area (Å²) in [6.07, 6.45) is -2.93. The monoisotopic (exact) mass is 466 g/mol. The van der Waals surface area contributed by atoms with Crippen LogP contribution in [0.2, 0.25) is 0 Å². The Morgan fingerprint density at radius 1 is 1.15 bits per heavy atom. The number of benzene rings is 1. The highest BCUT2D eigenvalue weighted by atomic mass is 19.4. The Morgan fingerprint density at radius 3 is 2.42 bits per heavy atom. The largest absolute Gasteiger partial charge is 0.573 e. The molecule has 2 unspecified atom stereocenters. The molecule has 33 heavy (non-hydrogen) atoms. The van der Waals surface area contributed by atoms with Gasteiger partial charge in [0.1, 0.15) is 5.75 Å². The van der Waals surface area contributed by atoms with Gasteiger partial charge in [-0.2, -0.15) is 0 Å². The van der Waals surface area contributed by atoms with Gasteiger partial charge in [0, 0.05) is 30.9 Å². The lowest BCUT2D eigenvalue weighted by Crippen LogP contribution is -2.59. The van der Waals surface area contributed by atoms with E-state index in [1.54, 1.807) is 11.0 Å². The third kappa shape index (κ3) is 5.04. The molecule has 7 nitrogen and oxygen atoms in total. The van der Waals surface area contributed by atoms with Crippen LogP contribution in [-0.2, 0) is 4.79 Å². The summed E-state index contributed by atoms with van der Waals surface area (Å²) in [7, 11) is 0. The lowest BCUT2D eigenvalue weighted by Gasteiger charge is -2.42. The quantitative estimate of drug-likeness (QED) is 0.713. The maximum Gasteiger partial charge on any atom is 0.573 e. The minimum absolute atomic E-state index is 0.215. The Labute approximate surface area is 190 Å². The lowest BCUT2D eigenvalue weighted by molar-refractivity contribution is -0.274. The number of ether oxygens (including phenoxy) is 1. The van der Waals surface area contributed by atoms with Crippen molar-refractivity contribution in [3.63, 3.8) is 0 Å². The van der Waals surface area contributed by atoms with E-state index in [1.165, 1.54) is 18.2 Å². The van der Waals surface area contributed by atoms with Crippen LogP contribution in [0.25, 0.3) is 5.57 Å². The zero-order valence-electron chi connectivity index (χ0n) is 18.9. The molecule has 180 valence electrons. The molecule has 1 aliphatic carbocycles. The van der Waals surface area contributed by atoms with E-state index in [1.807, 2.05) is 20.8 Å². The molecule has 1 saturated carbocycles.